The van der Waals surface area contributed by atoms with E-state index in [4.69, 9.17) is 14.2 Å². The summed E-state index contributed by atoms with van der Waals surface area (Å²) in [5.41, 5.74) is 0. The molecule has 30 heavy (non-hydrogen) atoms. The second kappa shape index (κ2) is 9.95. The molecule has 0 saturated carbocycles. The highest BCUT2D eigenvalue weighted by molar-refractivity contribution is 7.89. The third kappa shape index (κ3) is 5.23. The van der Waals surface area contributed by atoms with Gasteiger partial charge in [-0.2, -0.15) is 4.31 Å². The Morgan fingerprint density at radius 3 is 2.47 bits per heavy atom. The van der Waals surface area contributed by atoms with Crippen molar-refractivity contribution in [1.82, 2.24) is 14.1 Å². The van der Waals surface area contributed by atoms with Crippen LogP contribution >= 0.6 is 0 Å². The van der Waals surface area contributed by atoms with Gasteiger partial charge < -0.3 is 19.1 Å². The first kappa shape index (κ1) is 22.8. The maximum atomic E-state index is 13.0. The van der Waals surface area contributed by atoms with Gasteiger partial charge in [-0.15, -0.1) is 0 Å². The molecule has 0 aliphatic carbocycles. The molecular weight excluding hydrogens is 410 g/mol. The molecular formula is C20H31N3O6S. The second-order valence-electron chi connectivity index (χ2n) is 7.63. The van der Waals surface area contributed by atoms with Crippen LogP contribution in [0.5, 0.6) is 11.5 Å². The average Bonchev–Trinajstić information content (AvgIpc) is 3.26. The van der Waals surface area contributed by atoms with Crippen molar-refractivity contribution in [2.45, 2.75) is 23.8 Å². The van der Waals surface area contributed by atoms with E-state index in [1.165, 1.54) is 30.7 Å². The number of rotatable bonds is 8. The van der Waals surface area contributed by atoms with E-state index in [1.54, 1.807) is 11.0 Å². The van der Waals surface area contributed by atoms with E-state index in [0.29, 0.717) is 31.1 Å². The number of benzene rings is 1. The third-order valence-corrected chi connectivity index (χ3v) is 7.42. The van der Waals surface area contributed by atoms with E-state index in [-0.39, 0.29) is 30.0 Å². The number of sulfonamides is 1. The summed E-state index contributed by atoms with van der Waals surface area (Å²) in [6.45, 7) is 3.11. The first-order chi connectivity index (χ1) is 14.3. The number of methoxy groups -OCH3 is 2. The van der Waals surface area contributed by atoms with Gasteiger partial charge in [-0.25, -0.2) is 8.42 Å². The number of hydrogen-bond donors (Lipinski definition) is 0. The van der Waals surface area contributed by atoms with Gasteiger partial charge in [-0.3, -0.25) is 9.69 Å². The highest BCUT2D eigenvalue weighted by Crippen LogP contribution is 2.30. The van der Waals surface area contributed by atoms with Gasteiger partial charge in [0.25, 0.3) is 0 Å². The Morgan fingerprint density at radius 1 is 1.17 bits per heavy atom. The topological polar surface area (TPSA) is 88.6 Å². The van der Waals surface area contributed by atoms with Gasteiger partial charge in [0.1, 0.15) is 0 Å². The summed E-state index contributed by atoms with van der Waals surface area (Å²) in [5.74, 6) is 0.847. The van der Waals surface area contributed by atoms with E-state index in [0.717, 1.165) is 26.0 Å². The number of ether oxygens (including phenoxy) is 3. The molecule has 1 aromatic carbocycles. The van der Waals surface area contributed by atoms with Crippen LogP contribution in [0.4, 0.5) is 0 Å². The summed E-state index contributed by atoms with van der Waals surface area (Å²) < 4.78 is 43.4. The molecule has 0 radical (unpaired) electrons. The van der Waals surface area contributed by atoms with Gasteiger partial charge >= 0.3 is 0 Å². The van der Waals surface area contributed by atoms with Gasteiger partial charge in [0.15, 0.2) is 11.5 Å². The van der Waals surface area contributed by atoms with Crippen LogP contribution in [-0.4, -0.2) is 102 Å². The smallest absolute Gasteiger partial charge is 0.243 e. The molecule has 2 heterocycles. The number of nitrogens with zero attached hydrogens (tertiary/aromatic N) is 3. The monoisotopic (exact) mass is 441 g/mol. The Morgan fingerprint density at radius 2 is 1.87 bits per heavy atom. The Hall–Kier alpha value is -1.88. The first-order valence-electron chi connectivity index (χ1n) is 10.1. The fourth-order valence-electron chi connectivity index (χ4n) is 3.84. The molecule has 1 amide bonds. The standard InChI is InChI=1S/C20H31N3O6S/c1-21(14-16-5-4-12-29-16)15-20(24)22-8-10-23(11-9-22)30(25,26)17-6-7-18(27-2)19(13-17)28-3/h6-7,13,16H,4-5,8-12,14-15H2,1-3H3. The normalized spacial score (nSPS) is 20.5. The zero-order chi connectivity index (χ0) is 21.7. The lowest BCUT2D eigenvalue weighted by molar-refractivity contribution is -0.133. The van der Waals surface area contributed by atoms with Crippen LogP contribution in [0.3, 0.4) is 0 Å². The Balaban J connectivity index is 1.55. The van der Waals surface area contributed by atoms with E-state index in [2.05, 4.69) is 0 Å². The van der Waals surface area contributed by atoms with Crippen molar-refractivity contribution in [2.75, 3.05) is 67.1 Å². The molecule has 1 unspecified atom stereocenters. The molecule has 2 fully saturated rings. The second-order valence-corrected chi connectivity index (χ2v) is 9.57. The van der Waals surface area contributed by atoms with Crippen LogP contribution in [0.2, 0.25) is 0 Å². The maximum absolute atomic E-state index is 13.0. The molecule has 3 rings (SSSR count). The van der Waals surface area contributed by atoms with Crippen LogP contribution in [0.25, 0.3) is 0 Å². The van der Waals surface area contributed by atoms with Crippen molar-refractivity contribution in [3.8, 4) is 11.5 Å². The van der Waals surface area contributed by atoms with Gasteiger partial charge in [0, 0.05) is 45.4 Å². The van der Waals surface area contributed by atoms with E-state index in [1.807, 2.05) is 11.9 Å². The molecule has 0 bridgehead atoms. The number of piperazine rings is 1. The highest BCUT2D eigenvalue weighted by atomic mass is 32.2. The molecule has 10 heteroatoms. The molecule has 2 saturated heterocycles. The molecule has 0 aromatic heterocycles. The summed E-state index contributed by atoms with van der Waals surface area (Å²) in [6.07, 6.45) is 2.31. The largest absolute Gasteiger partial charge is 0.493 e. The van der Waals surface area contributed by atoms with E-state index >= 15 is 0 Å². The van der Waals surface area contributed by atoms with Crippen molar-refractivity contribution in [1.29, 1.82) is 0 Å². The quantitative estimate of drug-likeness (QED) is 0.585. The van der Waals surface area contributed by atoms with Crippen LogP contribution in [0.1, 0.15) is 12.8 Å². The lowest BCUT2D eigenvalue weighted by Crippen LogP contribution is -2.52. The number of amides is 1. The molecule has 0 spiro atoms. The molecule has 2 aliphatic rings. The minimum absolute atomic E-state index is 0.0126. The molecule has 9 nitrogen and oxygen atoms in total. The van der Waals surface area contributed by atoms with Crippen LogP contribution in [0, 0.1) is 0 Å². The van der Waals surface area contributed by atoms with Crippen molar-refractivity contribution in [2.24, 2.45) is 0 Å². The van der Waals surface area contributed by atoms with E-state index < -0.39 is 10.0 Å². The zero-order valence-electron chi connectivity index (χ0n) is 17.9. The van der Waals surface area contributed by atoms with Crippen molar-refractivity contribution < 1.29 is 27.4 Å². The lowest BCUT2D eigenvalue weighted by Gasteiger charge is -2.35. The minimum atomic E-state index is -3.67. The maximum Gasteiger partial charge on any atom is 0.243 e. The van der Waals surface area contributed by atoms with Crippen LogP contribution in [0.15, 0.2) is 23.1 Å². The predicted molar refractivity (Wildman–Crippen MR) is 111 cm³/mol. The number of carbonyl (C=O) groups is 1. The Kier molecular flexibility index (Phi) is 7.56. The van der Waals surface area contributed by atoms with Crippen LogP contribution < -0.4 is 9.47 Å². The number of hydrogen-bond acceptors (Lipinski definition) is 7. The fourth-order valence-corrected chi connectivity index (χ4v) is 5.27. The fraction of sp³-hybridized carbons (Fsp3) is 0.650. The van der Waals surface area contributed by atoms with Crippen LogP contribution in [-0.2, 0) is 19.6 Å². The minimum Gasteiger partial charge on any atom is -0.493 e. The van der Waals surface area contributed by atoms with Crippen molar-refractivity contribution in [3.05, 3.63) is 18.2 Å². The number of likely N-dealkylation sites (N-methyl/N-ethyl adjacent to an activating group) is 1. The molecule has 2 aliphatic heterocycles. The predicted octanol–water partition coefficient (Wildman–Crippen LogP) is 0.648. The third-order valence-electron chi connectivity index (χ3n) is 5.53. The number of carbonyl (C=O) groups excluding carboxylic acids is 1. The summed E-state index contributed by atoms with van der Waals surface area (Å²) in [7, 11) is 1.21. The average molecular weight is 442 g/mol. The zero-order valence-corrected chi connectivity index (χ0v) is 18.7. The van der Waals surface area contributed by atoms with Gasteiger partial charge in [0.05, 0.1) is 31.8 Å². The Bertz CT molecular complexity index is 833. The first-order valence-corrected chi connectivity index (χ1v) is 11.6. The SMILES string of the molecule is COc1ccc(S(=O)(=O)N2CCN(C(=O)CN(C)CC3CCCO3)CC2)cc1OC. The molecule has 0 N–H and O–H groups in total. The summed E-state index contributed by atoms with van der Waals surface area (Å²) in [6, 6.07) is 4.55. The summed E-state index contributed by atoms with van der Waals surface area (Å²) in [4.78, 5) is 16.5. The Labute approximate surface area is 178 Å². The lowest BCUT2D eigenvalue weighted by atomic mass is 10.2. The molecule has 168 valence electrons. The molecule has 1 atom stereocenters. The summed E-state index contributed by atoms with van der Waals surface area (Å²) >= 11 is 0. The molecule has 1 aromatic rings. The van der Waals surface area contributed by atoms with Crippen molar-refractivity contribution in [3.63, 3.8) is 0 Å². The van der Waals surface area contributed by atoms with Gasteiger partial charge in [-0.05, 0) is 32.0 Å². The summed E-state index contributed by atoms with van der Waals surface area (Å²) in [5, 5.41) is 0. The highest BCUT2D eigenvalue weighted by Gasteiger charge is 2.31. The van der Waals surface area contributed by atoms with E-state index in [9.17, 15) is 13.2 Å². The van der Waals surface area contributed by atoms with Gasteiger partial charge in [0.2, 0.25) is 15.9 Å². The van der Waals surface area contributed by atoms with Crippen molar-refractivity contribution >= 4 is 15.9 Å². The van der Waals surface area contributed by atoms with Gasteiger partial charge in [-0.1, -0.05) is 0 Å².